The SMILES string of the molecule is CCNC(=NCc1nnc2ccccn12)NCCCOC1CCN(Cc2ccccc2)CC1.I. The van der Waals surface area contributed by atoms with E-state index in [9.17, 15) is 0 Å². The molecule has 0 bridgehead atoms. The maximum Gasteiger partial charge on any atom is 0.191 e. The second-order valence-electron chi connectivity index (χ2n) is 8.35. The van der Waals surface area contributed by atoms with Crippen molar-refractivity contribution < 1.29 is 4.74 Å². The zero-order chi connectivity index (χ0) is 22.7. The monoisotopic (exact) mass is 577 g/mol. The Balaban J connectivity index is 0.00000324. The topological polar surface area (TPSA) is 79.1 Å². The van der Waals surface area contributed by atoms with Gasteiger partial charge in [0.25, 0.3) is 0 Å². The first-order chi connectivity index (χ1) is 16.3. The fourth-order valence-corrected chi connectivity index (χ4v) is 4.09. The first-order valence-corrected chi connectivity index (χ1v) is 12.0. The van der Waals surface area contributed by atoms with Crippen LogP contribution in [0.2, 0.25) is 0 Å². The van der Waals surface area contributed by atoms with Crippen molar-refractivity contribution in [2.45, 2.75) is 45.4 Å². The van der Waals surface area contributed by atoms with Crippen molar-refractivity contribution in [2.24, 2.45) is 4.99 Å². The van der Waals surface area contributed by atoms with Crippen molar-refractivity contribution in [1.29, 1.82) is 0 Å². The zero-order valence-electron chi connectivity index (χ0n) is 19.9. The molecule has 2 aromatic heterocycles. The largest absolute Gasteiger partial charge is 0.378 e. The third kappa shape index (κ3) is 7.92. The summed E-state index contributed by atoms with van der Waals surface area (Å²) in [6.07, 6.45) is 5.50. The Labute approximate surface area is 219 Å². The Kier molecular flexibility index (Phi) is 11.0. The summed E-state index contributed by atoms with van der Waals surface area (Å²) < 4.78 is 8.11. The van der Waals surface area contributed by atoms with Gasteiger partial charge in [0.1, 0.15) is 6.54 Å². The van der Waals surface area contributed by atoms with E-state index in [1.54, 1.807) is 0 Å². The number of hydrogen-bond donors (Lipinski definition) is 2. The van der Waals surface area contributed by atoms with Crippen molar-refractivity contribution in [3.63, 3.8) is 0 Å². The maximum absolute atomic E-state index is 6.14. The molecular formula is C25H36IN7O. The molecular weight excluding hydrogens is 541 g/mol. The number of piperidine rings is 1. The highest BCUT2D eigenvalue weighted by atomic mass is 127. The Morgan fingerprint density at radius 3 is 2.65 bits per heavy atom. The van der Waals surface area contributed by atoms with Crippen LogP contribution in [0.25, 0.3) is 5.65 Å². The maximum atomic E-state index is 6.14. The minimum absolute atomic E-state index is 0. The van der Waals surface area contributed by atoms with Gasteiger partial charge in [-0.15, -0.1) is 34.2 Å². The van der Waals surface area contributed by atoms with Crippen molar-refractivity contribution in [3.8, 4) is 0 Å². The molecule has 0 unspecified atom stereocenters. The van der Waals surface area contributed by atoms with Gasteiger partial charge in [0.05, 0.1) is 6.10 Å². The number of ether oxygens (including phenoxy) is 1. The summed E-state index contributed by atoms with van der Waals surface area (Å²) in [5.74, 6) is 1.61. The molecule has 0 saturated carbocycles. The Hall–Kier alpha value is -2.24. The van der Waals surface area contributed by atoms with Crippen LogP contribution < -0.4 is 10.6 Å². The lowest BCUT2D eigenvalue weighted by Crippen LogP contribution is -2.38. The number of guanidine groups is 1. The Morgan fingerprint density at radius 2 is 1.85 bits per heavy atom. The number of aliphatic imine (C=N–C) groups is 1. The van der Waals surface area contributed by atoms with Crippen molar-refractivity contribution >= 4 is 35.6 Å². The van der Waals surface area contributed by atoms with E-state index in [-0.39, 0.29) is 24.0 Å². The molecule has 0 radical (unpaired) electrons. The molecule has 1 aliphatic heterocycles. The third-order valence-electron chi connectivity index (χ3n) is 5.86. The van der Waals surface area contributed by atoms with Gasteiger partial charge in [-0.25, -0.2) is 4.99 Å². The van der Waals surface area contributed by atoms with E-state index in [0.29, 0.717) is 12.6 Å². The van der Waals surface area contributed by atoms with Gasteiger partial charge in [-0.05, 0) is 43.9 Å². The molecule has 4 rings (SSSR count). The lowest BCUT2D eigenvalue weighted by Gasteiger charge is -2.32. The van der Waals surface area contributed by atoms with Gasteiger partial charge >= 0.3 is 0 Å². The highest BCUT2D eigenvalue weighted by molar-refractivity contribution is 14.0. The minimum atomic E-state index is 0. The highest BCUT2D eigenvalue weighted by Crippen LogP contribution is 2.16. The highest BCUT2D eigenvalue weighted by Gasteiger charge is 2.19. The van der Waals surface area contributed by atoms with Crippen LogP contribution >= 0.6 is 24.0 Å². The van der Waals surface area contributed by atoms with Gasteiger partial charge < -0.3 is 15.4 Å². The number of benzene rings is 1. The molecule has 0 amide bonds. The second-order valence-corrected chi connectivity index (χ2v) is 8.35. The minimum Gasteiger partial charge on any atom is -0.378 e. The first kappa shape index (κ1) is 26.4. The molecule has 0 aliphatic carbocycles. The van der Waals surface area contributed by atoms with Crippen LogP contribution in [0, 0.1) is 0 Å². The zero-order valence-corrected chi connectivity index (χ0v) is 22.2. The molecule has 1 aromatic carbocycles. The van der Waals surface area contributed by atoms with E-state index in [0.717, 1.165) is 76.0 Å². The summed E-state index contributed by atoms with van der Waals surface area (Å²) >= 11 is 0. The average Bonchev–Trinajstić information content (AvgIpc) is 3.27. The predicted molar refractivity (Wildman–Crippen MR) is 147 cm³/mol. The van der Waals surface area contributed by atoms with Crippen LogP contribution in [-0.2, 0) is 17.8 Å². The number of nitrogens with one attached hydrogen (secondary N) is 2. The van der Waals surface area contributed by atoms with Crippen molar-refractivity contribution in [1.82, 2.24) is 30.1 Å². The number of nitrogens with zero attached hydrogens (tertiary/aromatic N) is 5. The normalized spacial score (nSPS) is 15.3. The van der Waals surface area contributed by atoms with Gasteiger partial charge in [-0.3, -0.25) is 9.30 Å². The molecule has 3 heterocycles. The van der Waals surface area contributed by atoms with E-state index >= 15 is 0 Å². The van der Waals surface area contributed by atoms with Crippen LogP contribution in [0.4, 0.5) is 0 Å². The molecule has 0 spiro atoms. The van der Waals surface area contributed by atoms with E-state index < -0.39 is 0 Å². The average molecular weight is 578 g/mol. The molecule has 2 N–H and O–H groups in total. The molecule has 1 aliphatic rings. The summed E-state index contributed by atoms with van der Waals surface area (Å²) in [4.78, 5) is 7.18. The summed E-state index contributed by atoms with van der Waals surface area (Å²) in [5, 5.41) is 15.1. The third-order valence-corrected chi connectivity index (χ3v) is 5.86. The number of pyridine rings is 1. The van der Waals surface area contributed by atoms with Gasteiger partial charge in [0, 0.05) is 45.5 Å². The van der Waals surface area contributed by atoms with Crippen molar-refractivity contribution in [2.75, 3.05) is 32.8 Å². The smallest absolute Gasteiger partial charge is 0.191 e. The van der Waals surface area contributed by atoms with Crippen molar-refractivity contribution in [3.05, 3.63) is 66.1 Å². The quantitative estimate of drug-likeness (QED) is 0.166. The summed E-state index contributed by atoms with van der Waals surface area (Å²) in [7, 11) is 0. The van der Waals surface area contributed by atoms with E-state index in [2.05, 4.69) is 68.0 Å². The summed E-state index contributed by atoms with van der Waals surface area (Å²) in [6.45, 7) is 8.18. The first-order valence-electron chi connectivity index (χ1n) is 12.0. The van der Waals surface area contributed by atoms with E-state index in [1.165, 1.54) is 5.56 Å². The predicted octanol–water partition coefficient (Wildman–Crippen LogP) is 3.47. The molecule has 3 aromatic rings. The fourth-order valence-electron chi connectivity index (χ4n) is 4.09. The Morgan fingerprint density at radius 1 is 1.06 bits per heavy atom. The Bertz CT molecular complexity index is 1000. The van der Waals surface area contributed by atoms with Crippen LogP contribution in [-0.4, -0.2) is 64.3 Å². The van der Waals surface area contributed by atoms with Crippen LogP contribution in [0.3, 0.4) is 0 Å². The second kappa shape index (κ2) is 14.2. The lowest BCUT2D eigenvalue weighted by molar-refractivity contribution is 0.00534. The van der Waals surface area contributed by atoms with Gasteiger partial charge in [0.15, 0.2) is 17.4 Å². The van der Waals surface area contributed by atoms with Gasteiger partial charge in [-0.1, -0.05) is 36.4 Å². The molecule has 0 atom stereocenters. The number of hydrogen-bond acceptors (Lipinski definition) is 5. The molecule has 34 heavy (non-hydrogen) atoms. The molecule has 8 nitrogen and oxygen atoms in total. The number of halogens is 1. The van der Waals surface area contributed by atoms with Crippen LogP contribution in [0.15, 0.2) is 59.7 Å². The number of fused-ring (bicyclic) bond motifs is 1. The fraction of sp³-hybridized carbons (Fsp3) is 0.480. The van der Waals surface area contributed by atoms with Crippen LogP contribution in [0.5, 0.6) is 0 Å². The van der Waals surface area contributed by atoms with Crippen LogP contribution in [0.1, 0.15) is 37.6 Å². The van der Waals surface area contributed by atoms with Gasteiger partial charge in [0.2, 0.25) is 0 Å². The summed E-state index contributed by atoms with van der Waals surface area (Å²) in [6, 6.07) is 16.6. The number of likely N-dealkylation sites (tertiary alicyclic amines) is 1. The summed E-state index contributed by atoms with van der Waals surface area (Å²) in [5.41, 5.74) is 2.22. The van der Waals surface area contributed by atoms with E-state index in [4.69, 9.17) is 4.74 Å². The molecule has 184 valence electrons. The number of aromatic nitrogens is 3. The lowest BCUT2D eigenvalue weighted by atomic mass is 10.1. The van der Waals surface area contributed by atoms with Gasteiger partial charge in [-0.2, -0.15) is 0 Å². The standard InChI is InChI=1S/C25H35N7O.HI/c1-2-26-25(28-19-24-30-29-23-11-6-7-15-32(23)24)27-14-8-18-33-22-12-16-31(17-13-22)20-21-9-4-3-5-10-21;/h3-7,9-11,15,22H,2,8,12-14,16-20H2,1H3,(H2,26,27,28);1H. The molecule has 1 saturated heterocycles. The number of rotatable bonds is 10. The van der Waals surface area contributed by atoms with E-state index in [1.807, 2.05) is 28.8 Å². The molecule has 1 fully saturated rings. The molecule has 9 heteroatoms.